The van der Waals surface area contributed by atoms with Crippen molar-refractivity contribution < 1.29 is 0 Å². The molecule has 0 unspecified atom stereocenters. The number of hydrogen-bond acceptors (Lipinski definition) is 4. The highest BCUT2D eigenvalue weighted by atomic mass is 15.3. The maximum atomic E-state index is 9.28. The van der Waals surface area contributed by atoms with Crippen LogP contribution in [0.4, 0.5) is 0 Å². The lowest BCUT2D eigenvalue weighted by atomic mass is 9.82. The molecule has 0 bridgehead atoms. The van der Waals surface area contributed by atoms with Gasteiger partial charge in [0.05, 0.1) is 11.6 Å². The molecule has 4 nitrogen and oxygen atoms in total. The average Bonchev–Trinajstić information content (AvgIpc) is 2.62. The van der Waals surface area contributed by atoms with Crippen LogP contribution in [0.3, 0.4) is 0 Å². The number of likely N-dealkylation sites (tertiary alicyclic amines) is 2. The standard InChI is InChI=1S/C20H22N4/c21-10-17-5-1-2-6-18(17)13-23-9-7-19-14-24(20(19)15-23)12-16-4-3-8-22-11-16/h1-6,8,11,19-20H,7,9,12-15H2/t19-,20-/m1/s1. The number of nitriles is 1. The van der Waals surface area contributed by atoms with E-state index in [0.29, 0.717) is 6.04 Å². The number of fused-ring (bicyclic) bond motifs is 1. The molecule has 4 heteroatoms. The summed E-state index contributed by atoms with van der Waals surface area (Å²) in [6, 6.07) is 15.1. The monoisotopic (exact) mass is 318 g/mol. The molecule has 1 aromatic carbocycles. The van der Waals surface area contributed by atoms with Crippen LogP contribution in [0.2, 0.25) is 0 Å². The first kappa shape index (κ1) is 15.3. The average molecular weight is 318 g/mol. The first-order valence-corrected chi connectivity index (χ1v) is 8.67. The van der Waals surface area contributed by atoms with Gasteiger partial charge in [-0.1, -0.05) is 24.3 Å². The Kier molecular flexibility index (Phi) is 4.29. The predicted molar refractivity (Wildman–Crippen MR) is 93.0 cm³/mol. The zero-order valence-corrected chi connectivity index (χ0v) is 13.8. The van der Waals surface area contributed by atoms with Crippen LogP contribution in [0.5, 0.6) is 0 Å². The van der Waals surface area contributed by atoms with Gasteiger partial charge in [-0.05, 0) is 42.1 Å². The first-order chi connectivity index (χ1) is 11.8. The predicted octanol–water partition coefficient (Wildman–Crippen LogP) is 2.66. The molecule has 2 fully saturated rings. The van der Waals surface area contributed by atoms with Crippen molar-refractivity contribution in [2.24, 2.45) is 5.92 Å². The van der Waals surface area contributed by atoms with Crippen molar-refractivity contribution >= 4 is 0 Å². The van der Waals surface area contributed by atoms with Gasteiger partial charge in [-0.25, -0.2) is 0 Å². The number of benzene rings is 1. The molecule has 2 saturated heterocycles. The molecule has 2 aliphatic heterocycles. The Labute approximate surface area is 143 Å². The van der Waals surface area contributed by atoms with Gasteiger partial charge in [-0.2, -0.15) is 5.26 Å². The van der Waals surface area contributed by atoms with E-state index >= 15 is 0 Å². The van der Waals surface area contributed by atoms with Crippen LogP contribution in [0.1, 0.15) is 23.1 Å². The minimum atomic E-state index is 0.646. The third-order valence-corrected chi connectivity index (χ3v) is 5.38. The lowest BCUT2D eigenvalue weighted by molar-refractivity contribution is -0.0515. The van der Waals surface area contributed by atoms with Crippen LogP contribution >= 0.6 is 0 Å². The van der Waals surface area contributed by atoms with Crippen molar-refractivity contribution in [1.82, 2.24) is 14.8 Å². The van der Waals surface area contributed by atoms with Crippen LogP contribution in [0.25, 0.3) is 0 Å². The Morgan fingerprint density at radius 3 is 2.88 bits per heavy atom. The Morgan fingerprint density at radius 1 is 1.12 bits per heavy atom. The molecule has 0 aliphatic carbocycles. The number of piperidine rings is 1. The van der Waals surface area contributed by atoms with Gasteiger partial charge in [0.2, 0.25) is 0 Å². The Morgan fingerprint density at radius 2 is 2.04 bits per heavy atom. The number of aromatic nitrogens is 1. The molecule has 0 amide bonds. The summed E-state index contributed by atoms with van der Waals surface area (Å²) in [5.41, 5.74) is 3.25. The van der Waals surface area contributed by atoms with Crippen molar-refractivity contribution in [1.29, 1.82) is 5.26 Å². The molecule has 0 radical (unpaired) electrons. The van der Waals surface area contributed by atoms with Gasteiger partial charge in [0.15, 0.2) is 0 Å². The first-order valence-electron chi connectivity index (χ1n) is 8.67. The van der Waals surface area contributed by atoms with E-state index in [1.165, 1.54) is 18.5 Å². The van der Waals surface area contributed by atoms with E-state index in [4.69, 9.17) is 0 Å². The normalized spacial score (nSPS) is 24.0. The minimum absolute atomic E-state index is 0.646. The molecule has 2 aromatic rings. The lowest BCUT2D eigenvalue weighted by Crippen LogP contribution is -2.63. The third-order valence-electron chi connectivity index (χ3n) is 5.38. The van der Waals surface area contributed by atoms with Crippen LogP contribution < -0.4 is 0 Å². The number of hydrogen-bond donors (Lipinski definition) is 0. The molecule has 1 aromatic heterocycles. The van der Waals surface area contributed by atoms with Crippen molar-refractivity contribution in [2.45, 2.75) is 25.6 Å². The van der Waals surface area contributed by atoms with Crippen molar-refractivity contribution in [3.63, 3.8) is 0 Å². The number of rotatable bonds is 4. The molecular formula is C20H22N4. The van der Waals surface area contributed by atoms with Gasteiger partial charge in [0.25, 0.3) is 0 Å². The van der Waals surface area contributed by atoms with E-state index in [9.17, 15) is 5.26 Å². The van der Waals surface area contributed by atoms with Gasteiger partial charge in [0, 0.05) is 44.6 Å². The van der Waals surface area contributed by atoms with Gasteiger partial charge in [-0.3, -0.25) is 14.8 Å². The fraction of sp³-hybridized carbons (Fsp3) is 0.400. The van der Waals surface area contributed by atoms with Gasteiger partial charge in [0.1, 0.15) is 0 Å². The van der Waals surface area contributed by atoms with Crippen molar-refractivity contribution in [2.75, 3.05) is 19.6 Å². The van der Waals surface area contributed by atoms with Crippen LogP contribution in [0.15, 0.2) is 48.8 Å². The SMILES string of the molecule is N#Cc1ccccc1CN1CC[C@@H]2CN(Cc3cccnc3)[C@@H]2C1. The van der Waals surface area contributed by atoms with Crippen LogP contribution in [0, 0.1) is 17.2 Å². The van der Waals surface area contributed by atoms with E-state index < -0.39 is 0 Å². The highest BCUT2D eigenvalue weighted by Gasteiger charge is 2.42. The zero-order valence-electron chi connectivity index (χ0n) is 13.8. The molecular weight excluding hydrogens is 296 g/mol. The summed E-state index contributed by atoms with van der Waals surface area (Å²) in [6.07, 6.45) is 5.07. The summed E-state index contributed by atoms with van der Waals surface area (Å²) >= 11 is 0. The topological polar surface area (TPSA) is 43.2 Å². The second kappa shape index (κ2) is 6.72. The smallest absolute Gasteiger partial charge is 0.0995 e. The second-order valence-corrected chi connectivity index (χ2v) is 6.91. The van der Waals surface area contributed by atoms with Crippen molar-refractivity contribution in [3.05, 3.63) is 65.5 Å². The van der Waals surface area contributed by atoms with Gasteiger partial charge in [-0.15, -0.1) is 0 Å². The molecule has 2 aliphatic rings. The van der Waals surface area contributed by atoms with E-state index in [1.54, 1.807) is 0 Å². The minimum Gasteiger partial charge on any atom is -0.297 e. The highest BCUT2D eigenvalue weighted by molar-refractivity contribution is 5.37. The van der Waals surface area contributed by atoms with E-state index in [-0.39, 0.29) is 0 Å². The second-order valence-electron chi connectivity index (χ2n) is 6.91. The summed E-state index contributed by atoms with van der Waals surface area (Å²) in [5, 5.41) is 9.28. The molecule has 24 heavy (non-hydrogen) atoms. The zero-order chi connectivity index (χ0) is 16.4. The maximum Gasteiger partial charge on any atom is 0.0995 e. The largest absolute Gasteiger partial charge is 0.297 e. The van der Waals surface area contributed by atoms with Crippen LogP contribution in [-0.4, -0.2) is 40.5 Å². The van der Waals surface area contributed by atoms with Gasteiger partial charge >= 0.3 is 0 Å². The molecule has 3 heterocycles. The van der Waals surface area contributed by atoms with E-state index in [2.05, 4.69) is 33.0 Å². The fourth-order valence-corrected chi connectivity index (χ4v) is 4.03. The quantitative estimate of drug-likeness (QED) is 0.869. The highest BCUT2D eigenvalue weighted by Crippen LogP contribution is 2.34. The molecule has 0 saturated carbocycles. The van der Waals surface area contributed by atoms with Crippen molar-refractivity contribution in [3.8, 4) is 6.07 Å². The Hall–Kier alpha value is -2.22. The Bertz CT molecular complexity index is 737. The molecule has 122 valence electrons. The summed E-state index contributed by atoms with van der Waals surface area (Å²) in [5.74, 6) is 0.837. The summed E-state index contributed by atoms with van der Waals surface area (Å²) < 4.78 is 0. The third kappa shape index (κ3) is 3.06. The molecule has 0 N–H and O–H groups in total. The Balaban J connectivity index is 1.39. The maximum absolute atomic E-state index is 9.28. The van der Waals surface area contributed by atoms with E-state index in [0.717, 1.165) is 43.2 Å². The molecule has 0 spiro atoms. The number of pyridine rings is 1. The summed E-state index contributed by atoms with van der Waals surface area (Å²) in [4.78, 5) is 9.30. The van der Waals surface area contributed by atoms with Crippen LogP contribution in [-0.2, 0) is 13.1 Å². The lowest BCUT2D eigenvalue weighted by Gasteiger charge is -2.53. The molecule has 4 rings (SSSR count). The van der Waals surface area contributed by atoms with E-state index in [1.807, 2.05) is 36.7 Å². The summed E-state index contributed by atoms with van der Waals surface area (Å²) in [6.45, 7) is 5.33. The fourth-order valence-electron chi connectivity index (χ4n) is 4.03. The van der Waals surface area contributed by atoms with Gasteiger partial charge < -0.3 is 0 Å². The summed E-state index contributed by atoms with van der Waals surface area (Å²) in [7, 11) is 0. The number of nitrogens with zero attached hydrogens (tertiary/aromatic N) is 4. The molecule has 2 atom stereocenters.